The minimum Gasteiger partial charge on any atom is -0.412 e. The zero-order chi connectivity index (χ0) is 0. The normalized spacial score (nSPS) is 0. The van der Waals surface area contributed by atoms with Crippen molar-refractivity contribution in [3.05, 3.63) is 0 Å². The molecule has 39 valence electrons. The van der Waals surface area contributed by atoms with E-state index in [1.54, 1.807) is 0 Å². The van der Waals surface area contributed by atoms with Crippen LogP contribution in [0, 0.1) is 0 Å². The first kappa shape index (κ1) is 146. The van der Waals surface area contributed by atoms with E-state index in [1.807, 2.05) is 0 Å². The molecule has 0 bridgehead atoms. The van der Waals surface area contributed by atoms with Gasteiger partial charge in [0.1, 0.15) is 0 Å². The average Bonchev–Trinajstić information content (AvgIpc) is 0. The topological polar surface area (TPSA) is 63.0 Å². The Bertz CT molecular complexity index is 7.61. The van der Waals surface area contributed by atoms with E-state index in [0.29, 0.717) is 0 Å². The van der Waals surface area contributed by atoms with Crippen LogP contribution in [0.1, 0.15) is 0 Å². The monoisotopic (exact) mass is 163 g/mol. The number of rotatable bonds is 0. The number of halogens is 2. The third-order valence-corrected chi connectivity index (χ3v) is 0. The zero-order valence-corrected chi connectivity index (χ0v) is 5.01. The second-order valence-corrected chi connectivity index (χ2v) is 0. The molecule has 0 aromatic rings. The van der Waals surface area contributed by atoms with E-state index in [2.05, 4.69) is 0 Å². The maximum atomic E-state index is 0. The molecule has 0 rings (SSSR count). The van der Waals surface area contributed by atoms with Crippen LogP contribution in [0.2, 0.25) is 0 Å². The second kappa shape index (κ2) is 78.0. The van der Waals surface area contributed by atoms with Crippen molar-refractivity contribution >= 4 is 24.8 Å². The molecule has 0 amide bonds. The molecule has 0 aliphatic carbocycles. The van der Waals surface area contributed by atoms with Crippen LogP contribution in [-0.4, -0.2) is 11.0 Å². The number of hydrogen-bond acceptors (Lipinski definition) is 0. The van der Waals surface area contributed by atoms with Gasteiger partial charge in [-0.15, -0.1) is 24.8 Å². The van der Waals surface area contributed by atoms with Crippen LogP contribution in [-0.2, 0) is 17.1 Å². The van der Waals surface area contributed by atoms with Gasteiger partial charge in [-0.05, 0) is 0 Å². The van der Waals surface area contributed by atoms with Crippen LogP contribution in [0.25, 0.3) is 0 Å². The fraction of sp³-hybridized carbons (Fsp3) is 0. The summed E-state index contributed by atoms with van der Waals surface area (Å²) in [5.41, 5.74) is 0. The smallest absolute Gasteiger partial charge is 0 e. The van der Waals surface area contributed by atoms with E-state index in [0.717, 1.165) is 0 Å². The van der Waals surface area contributed by atoms with Crippen LogP contribution >= 0.6 is 24.8 Å². The van der Waals surface area contributed by atoms with Crippen LogP contribution in [0.3, 0.4) is 0 Å². The molecular formula is H6Cl2MnO2. The van der Waals surface area contributed by atoms with Gasteiger partial charge in [0.25, 0.3) is 0 Å². The molecule has 0 saturated heterocycles. The maximum absolute atomic E-state index is 0. The molecule has 5 heteroatoms. The van der Waals surface area contributed by atoms with Gasteiger partial charge in [0.2, 0.25) is 0 Å². The molecule has 1 radical (unpaired) electrons. The van der Waals surface area contributed by atoms with E-state index in [-0.39, 0.29) is 52.8 Å². The summed E-state index contributed by atoms with van der Waals surface area (Å²) in [5, 5.41) is 0. The summed E-state index contributed by atoms with van der Waals surface area (Å²) in [6, 6.07) is 0. The Balaban J connectivity index is 0. The maximum Gasteiger partial charge on any atom is 0 e. The van der Waals surface area contributed by atoms with E-state index in [9.17, 15) is 0 Å². The molecule has 5 heavy (non-hydrogen) atoms. The van der Waals surface area contributed by atoms with Gasteiger partial charge >= 0.3 is 0 Å². The van der Waals surface area contributed by atoms with Gasteiger partial charge in [0.05, 0.1) is 0 Å². The number of hydrogen-bond donors (Lipinski definition) is 0. The summed E-state index contributed by atoms with van der Waals surface area (Å²) in [7, 11) is 0. The SMILES string of the molecule is Cl.Cl.O.O.[Mn]. The van der Waals surface area contributed by atoms with Crippen LogP contribution in [0.5, 0.6) is 0 Å². The van der Waals surface area contributed by atoms with Crippen molar-refractivity contribution in [2.45, 2.75) is 0 Å². The van der Waals surface area contributed by atoms with Crippen molar-refractivity contribution in [2.24, 2.45) is 0 Å². The Hall–Kier alpha value is 1.02. The molecule has 0 aromatic heterocycles. The summed E-state index contributed by atoms with van der Waals surface area (Å²) in [6.07, 6.45) is 0. The van der Waals surface area contributed by atoms with Crippen LogP contribution in [0.4, 0.5) is 0 Å². The molecule has 0 fully saturated rings. The Kier molecular flexibility index (Phi) is 2280. The van der Waals surface area contributed by atoms with E-state index in [1.165, 1.54) is 0 Å². The Morgan fingerprint density at radius 1 is 0.600 bits per heavy atom. The first-order valence-corrected chi connectivity index (χ1v) is 0. The molecular weight excluding hydrogens is 158 g/mol. The second-order valence-electron chi connectivity index (χ2n) is 0. The molecule has 0 unspecified atom stereocenters. The quantitative estimate of drug-likeness (QED) is 0.420. The molecule has 4 N–H and O–H groups in total. The molecule has 0 aliphatic rings. The van der Waals surface area contributed by atoms with Gasteiger partial charge < -0.3 is 11.0 Å². The summed E-state index contributed by atoms with van der Waals surface area (Å²) in [6.45, 7) is 0. The third-order valence-electron chi connectivity index (χ3n) is 0. The Morgan fingerprint density at radius 3 is 0.600 bits per heavy atom. The molecule has 0 saturated carbocycles. The minimum atomic E-state index is 0. The minimum absolute atomic E-state index is 0. The van der Waals surface area contributed by atoms with Gasteiger partial charge in [-0.2, -0.15) is 0 Å². The fourth-order valence-electron chi connectivity index (χ4n) is 0. The fourth-order valence-corrected chi connectivity index (χ4v) is 0. The van der Waals surface area contributed by atoms with Gasteiger partial charge in [-0.3, -0.25) is 0 Å². The standard InChI is InChI=1S/2ClH.Mn.2H2O/h2*1H;;2*1H2. The van der Waals surface area contributed by atoms with E-state index in [4.69, 9.17) is 0 Å². The van der Waals surface area contributed by atoms with Gasteiger partial charge in [0.15, 0.2) is 0 Å². The summed E-state index contributed by atoms with van der Waals surface area (Å²) in [5.74, 6) is 0. The van der Waals surface area contributed by atoms with Gasteiger partial charge in [-0.1, -0.05) is 0 Å². The van der Waals surface area contributed by atoms with Crippen molar-refractivity contribution in [1.29, 1.82) is 0 Å². The molecule has 0 aromatic carbocycles. The summed E-state index contributed by atoms with van der Waals surface area (Å²) < 4.78 is 0. The van der Waals surface area contributed by atoms with Gasteiger partial charge in [0, 0.05) is 17.1 Å². The van der Waals surface area contributed by atoms with Crippen molar-refractivity contribution in [2.75, 3.05) is 0 Å². The van der Waals surface area contributed by atoms with Crippen LogP contribution in [0.15, 0.2) is 0 Å². The Morgan fingerprint density at radius 2 is 0.600 bits per heavy atom. The average molecular weight is 164 g/mol. The predicted octanol–water partition coefficient (Wildman–Crippen LogP) is -0.808. The first-order valence-electron chi connectivity index (χ1n) is 0. The molecule has 2 nitrogen and oxygen atoms in total. The van der Waals surface area contributed by atoms with Crippen molar-refractivity contribution in [3.63, 3.8) is 0 Å². The largest absolute Gasteiger partial charge is 0.412 e. The van der Waals surface area contributed by atoms with E-state index >= 15 is 0 Å². The van der Waals surface area contributed by atoms with E-state index < -0.39 is 0 Å². The van der Waals surface area contributed by atoms with Crippen molar-refractivity contribution in [3.8, 4) is 0 Å². The third kappa shape index (κ3) is 44.0. The van der Waals surface area contributed by atoms with Gasteiger partial charge in [-0.25, -0.2) is 0 Å². The zero-order valence-electron chi connectivity index (χ0n) is 2.19. The summed E-state index contributed by atoms with van der Waals surface area (Å²) in [4.78, 5) is 0. The van der Waals surface area contributed by atoms with Crippen LogP contribution < -0.4 is 0 Å². The molecule has 0 atom stereocenters. The van der Waals surface area contributed by atoms with Crippen molar-refractivity contribution < 1.29 is 28.0 Å². The Labute approximate surface area is 53.2 Å². The molecule has 0 heterocycles. The van der Waals surface area contributed by atoms with Crippen molar-refractivity contribution in [1.82, 2.24) is 0 Å². The first-order chi connectivity index (χ1) is 0. The summed E-state index contributed by atoms with van der Waals surface area (Å²) >= 11 is 0. The molecule has 0 spiro atoms. The predicted molar refractivity (Wildman–Crippen MR) is 21.7 cm³/mol. The molecule has 0 aliphatic heterocycles.